The number of rotatable bonds is 9. The predicted molar refractivity (Wildman–Crippen MR) is 198 cm³/mol. The van der Waals surface area contributed by atoms with Gasteiger partial charge in [-0.15, -0.1) is 0 Å². The molecule has 254 valence electrons. The number of amides is 3. The zero-order valence-electron chi connectivity index (χ0n) is 27.4. The summed E-state index contributed by atoms with van der Waals surface area (Å²) in [5, 5.41) is 24.1. The van der Waals surface area contributed by atoms with Gasteiger partial charge in [0.05, 0.1) is 13.1 Å². The van der Waals surface area contributed by atoms with Crippen molar-refractivity contribution >= 4 is 52.5 Å². The average molecular weight is 701 g/mol. The molecule has 5 aromatic carbocycles. The van der Waals surface area contributed by atoms with Gasteiger partial charge in [0.1, 0.15) is 0 Å². The summed E-state index contributed by atoms with van der Waals surface area (Å²) in [6, 6.07) is 38.5. The quantitative estimate of drug-likeness (QED) is 0.122. The van der Waals surface area contributed by atoms with Crippen LogP contribution in [0.1, 0.15) is 35.3 Å². The standard InChI is InChI=1S/C30H25Cl2N3O5.C7H8.C2H6/c31-23-14-24(32)16-25(15-23)34-30(40)35(26-12-10-21(11-13-26)20-4-2-1-3-5-20)18-19-6-8-22(9-7-19)28(37)33-17-27(36)29(38)39;1-7-5-3-2-4-6-7;1-2/h1-16,27,36H,17-18H2,(H,33,37)(H,34,40)(H,38,39);2-6H,1H3;1-2H3. The molecule has 8 nitrogen and oxygen atoms in total. The number of carbonyl (C=O) groups is 3. The van der Waals surface area contributed by atoms with Gasteiger partial charge < -0.3 is 20.8 Å². The maximum Gasteiger partial charge on any atom is 0.334 e. The van der Waals surface area contributed by atoms with E-state index in [1.54, 1.807) is 47.4 Å². The normalized spacial score (nSPS) is 10.7. The Hall–Kier alpha value is -5.15. The number of halogens is 2. The minimum Gasteiger partial charge on any atom is -0.479 e. The second kappa shape index (κ2) is 19.6. The molecule has 1 atom stereocenters. The summed E-state index contributed by atoms with van der Waals surface area (Å²) in [5.74, 6) is -1.96. The molecule has 5 aromatic rings. The number of anilines is 2. The fraction of sp³-hybridized carbons (Fsp3) is 0.154. The van der Waals surface area contributed by atoms with E-state index in [1.807, 2.05) is 86.6 Å². The molecule has 0 aliphatic carbocycles. The van der Waals surface area contributed by atoms with Crippen molar-refractivity contribution in [2.24, 2.45) is 0 Å². The maximum absolute atomic E-state index is 13.5. The van der Waals surface area contributed by atoms with E-state index >= 15 is 0 Å². The van der Waals surface area contributed by atoms with Crippen molar-refractivity contribution in [2.75, 3.05) is 16.8 Å². The Kier molecular flexibility index (Phi) is 15.3. The second-order valence-electron chi connectivity index (χ2n) is 10.5. The summed E-state index contributed by atoms with van der Waals surface area (Å²) >= 11 is 12.2. The molecule has 4 N–H and O–H groups in total. The van der Waals surface area contributed by atoms with Crippen LogP contribution in [0.4, 0.5) is 16.2 Å². The summed E-state index contributed by atoms with van der Waals surface area (Å²) in [4.78, 5) is 38.1. The van der Waals surface area contributed by atoms with Crippen LogP contribution in [0.25, 0.3) is 11.1 Å². The zero-order valence-corrected chi connectivity index (χ0v) is 29.0. The molecule has 1 unspecified atom stereocenters. The summed E-state index contributed by atoms with van der Waals surface area (Å²) in [5.41, 5.74) is 5.44. The number of urea groups is 1. The SMILES string of the molecule is CC.Cc1ccccc1.O=C(NCC(O)C(=O)O)c1ccc(CN(C(=O)Nc2cc(Cl)cc(Cl)c2)c2ccc(-c3ccccc3)cc2)cc1. The van der Waals surface area contributed by atoms with Crippen LogP contribution in [0.5, 0.6) is 0 Å². The number of nitrogens with one attached hydrogen (secondary N) is 2. The highest BCUT2D eigenvalue weighted by Gasteiger charge is 2.19. The number of aliphatic carboxylic acids is 1. The van der Waals surface area contributed by atoms with E-state index in [0.29, 0.717) is 21.4 Å². The van der Waals surface area contributed by atoms with Gasteiger partial charge in [-0.05, 0) is 66.1 Å². The van der Waals surface area contributed by atoms with Crippen LogP contribution in [-0.4, -0.2) is 40.8 Å². The second-order valence-corrected chi connectivity index (χ2v) is 11.4. The van der Waals surface area contributed by atoms with Gasteiger partial charge in [-0.3, -0.25) is 9.69 Å². The fourth-order valence-corrected chi connectivity index (χ4v) is 4.94. The Morgan fingerprint density at radius 3 is 1.78 bits per heavy atom. The number of hydrogen-bond acceptors (Lipinski definition) is 4. The first-order valence-electron chi connectivity index (χ1n) is 15.6. The number of nitrogens with zero attached hydrogens (tertiary/aromatic N) is 1. The molecule has 49 heavy (non-hydrogen) atoms. The molecule has 3 amide bonds. The molecular weight excluding hydrogens is 661 g/mol. The number of aliphatic hydroxyl groups is 1. The first-order valence-corrected chi connectivity index (χ1v) is 16.3. The van der Waals surface area contributed by atoms with Gasteiger partial charge in [-0.25, -0.2) is 9.59 Å². The number of carboxylic acid groups (broad SMARTS) is 1. The predicted octanol–water partition coefficient (Wildman–Crippen LogP) is 9.10. The van der Waals surface area contributed by atoms with Crippen molar-refractivity contribution in [2.45, 2.75) is 33.4 Å². The minimum absolute atomic E-state index is 0.171. The van der Waals surface area contributed by atoms with Crippen molar-refractivity contribution in [1.29, 1.82) is 0 Å². The van der Waals surface area contributed by atoms with E-state index in [1.165, 1.54) is 5.56 Å². The smallest absolute Gasteiger partial charge is 0.334 e. The third kappa shape index (κ3) is 12.4. The van der Waals surface area contributed by atoms with E-state index in [4.69, 9.17) is 28.3 Å². The molecule has 0 heterocycles. The number of aliphatic hydroxyl groups excluding tert-OH is 1. The van der Waals surface area contributed by atoms with Gasteiger partial charge in [0.2, 0.25) is 0 Å². The summed E-state index contributed by atoms with van der Waals surface area (Å²) in [6.07, 6.45) is -1.70. The zero-order chi connectivity index (χ0) is 35.8. The minimum atomic E-state index is -1.70. The molecule has 0 bridgehead atoms. The summed E-state index contributed by atoms with van der Waals surface area (Å²) in [6.45, 7) is 5.83. The molecule has 0 radical (unpaired) electrons. The van der Waals surface area contributed by atoms with Gasteiger partial charge in [-0.1, -0.05) is 128 Å². The lowest BCUT2D eigenvalue weighted by Gasteiger charge is -2.24. The maximum atomic E-state index is 13.5. The van der Waals surface area contributed by atoms with Crippen LogP contribution in [0.3, 0.4) is 0 Å². The van der Waals surface area contributed by atoms with E-state index in [0.717, 1.165) is 16.7 Å². The highest BCUT2D eigenvalue weighted by atomic mass is 35.5. The van der Waals surface area contributed by atoms with E-state index in [2.05, 4.69) is 29.7 Å². The Balaban J connectivity index is 0.000000633. The van der Waals surface area contributed by atoms with Gasteiger partial charge in [0.25, 0.3) is 5.91 Å². The lowest BCUT2D eigenvalue weighted by Crippen LogP contribution is -2.36. The largest absolute Gasteiger partial charge is 0.479 e. The number of carboxylic acids is 1. The van der Waals surface area contributed by atoms with Crippen LogP contribution < -0.4 is 15.5 Å². The third-order valence-corrected chi connectivity index (χ3v) is 7.32. The molecule has 0 saturated heterocycles. The van der Waals surface area contributed by atoms with Crippen LogP contribution in [-0.2, 0) is 11.3 Å². The molecule has 0 aliphatic rings. The Bertz CT molecular complexity index is 1770. The third-order valence-electron chi connectivity index (χ3n) is 6.88. The fourth-order valence-electron chi connectivity index (χ4n) is 4.42. The number of aryl methyl sites for hydroxylation is 1. The molecule has 0 fully saturated rings. The number of hydrogen-bond donors (Lipinski definition) is 4. The van der Waals surface area contributed by atoms with Gasteiger partial charge >= 0.3 is 12.0 Å². The van der Waals surface area contributed by atoms with Crippen molar-refractivity contribution in [3.05, 3.63) is 154 Å². The lowest BCUT2D eigenvalue weighted by atomic mass is 10.1. The van der Waals surface area contributed by atoms with Gasteiger partial charge in [-0.2, -0.15) is 0 Å². The molecule has 0 aromatic heterocycles. The monoisotopic (exact) mass is 699 g/mol. The molecule has 10 heteroatoms. The highest BCUT2D eigenvalue weighted by molar-refractivity contribution is 6.35. The van der Waals surface area contributed by atoms with Crippen LogP contribution in [0, 0.1) is 6.92 Å². The Morgan fingerprint density at radius 1 is 0.735 bits per heavy atom. The van der Waals surface area contributed by atoms with E-state index in [-0.39, 0.29) is 12.1 Å². The topological polar surface area (TPSA) is 119 Å². The number of benzene rings is 5. The highest BCUT2D eigenvalue weighted by Crippen LogP contribution is 2.27. The molecule has 0 saturated carbocycles. The van der Waals surface area contributed by atoms with Crippen LogP contribution >= 0.6 is 23.2 Å². The first-order chi connectivity index (χ1) is 23.6. The summed E-state index contributed by atoms with van der Waals surface area (Å²) in [7, 11) is 0. The first kappa shape index (κ1) is 38.3. The average Bonchev–Trinajstić information content (AvgIpc) is 3.11. The van der Waals surface area contributed by atoms with E-state index < -0.39 is 30.6 Å². The Labute approximate surface area is 296 Å². The van der Waals surface area contributed by atoms with E-state index in [9.17, 15) is 19.5 Å². The molecule has 0 aliphatic heterocycles. The van der Waals surface area contributed by atoms with Gasteiger partial charge in [0, 0.05) is 27.0 Å². The summed E-state index contributed by atoms with van der Waals surface area (Å²) < 4.78 is 0. The van der Waals surface area contributed by atoms with Crippen molar-refractivity contribution in [1.82, 2.24) is 5.32 Å². The Morgan fingerprint density at radius 2 is 1.27 bits per heavy atom. The van der Waals surface area contributed by atoms with Crippen LogP contribution in [0.15, 0.2) is 127 Å². The van der Waals surface area contributed by atoms with Gasteiger partial charge in [0.15, 0.2) is 6.10 Å². The van der Waals surface area contributed by atoms with Crippen molar-refractivity contribution in [3.63, 3.8) is 0 Å². The van der Waals surface area contributed by atoms with Crippen LogP contribution in [0.2, 0.25) is 10.0 Å². The molecule has 0 spiro atoms. The number of carbonyl (C=O) groups excluding carboxylic acids is 2. The van der Waals surface area contributed by atoms with Crippen molar-refractivity contribution in [3.8, 4) is 11.1 Å². The lowest BCUT2D eigenvalue weighted by molar-refractivity contribution is -0.146. The molecule has 5 rings (SSSR count). The van der Waals surface area contributed by atoms with Crippen molar-refractivity contribution < 1.29 is 24.6 Å². The molecular formula is C39H39Cl2N3O5.